The number of nitrogens with zero attached hydrogens (tertiary/aromatic N) is 2. The highest BCUT2D eigenvalue weighted by atomic mass is 16.3. The maximum atomic E-state index is 13.6. The van der Waals surface area contributed by atoms with E-state index >= 15 is 0 Å². The summed E-state index contributed by atoms with van der Waals surface area (Å²) in [5.41, 5.74) is 4.13. The summed E-state index contributed by atoms with van der Waals surface area (Å²) in [6.07, 6.45) is 0.973. The number of carbonyl (C=O) groups excluding carboxylic acids is 2. The number of hydrogen-bond donors (Lipinski definition) is 2. The van der Waals surface area contributed by atoms with Gasteiger partial charge >= 0.3 is 0 Å². The van der Waals surface area contributed by atoms with E-state index in [-0.39, 0.29) is 37.4 Å². The molecule has 2 atom stereocenters. The van der Waals surface area contributed by atoms with Crippen LogP contribution in [0.5, 0.6) is 0 Å². The van der Waals surface area contributed by atoms with Crippen LogP contribution in [0.3, 0.4) is 0 Å². The Kier molecular flexibility index (Phi) is 4.63. The van der Waals surface area contributed by atoms with Gasteiger partial charge in [0.2, 0.25) is 5.91 Å². The van der Waals surface area contributed by atoms with Crippen LogP contribution in [-0.4, -0.2) is 57.9 Å². The number of nitrogens with one attached hydrogen (secondary N) is 1. The molecule has 2 aliphatic heterocycles. The number of rotatable bonds is 4. The molecule has 2 amide bonds. The molecule has 0 saturated carbocycles. The highest BCUT2D eigenvalue weighted by Gasteiger charge is 2.56. The molecule has 0 bridgehead atoms. The van der Waals surface area contributed by atoms with Gasteiger partial charge in [-0.1, -0.05) is 49.4 Å². The van der Waals surface area contributed by atoms with Crippen LogP contribution in [0.15, 0.2) is 48.5 Å². The van der Waals surface area contributed by atoms with Crippen molar-refractivity contribution in [1.82, 2.24) is 14.8 Å². The molecule has 31 heavy (non-hydrogen) atoms. The Balaban J connectivity index is 1.73. The maximum Gasteiger partial charge on any atom is 0.255 e. The quantitative estimate of drug-likeness (QED) is 0.685. The lowest BCUT2D eigenvalue weighted by molar-refractivity contribution is -0.166. The fourth-order valence-corrected chi connectivity index (χ4v) is 5.26. The number of benzene rings is 2. The van der Waals surface area contributed by atoms with E-state index in [0.717, 1.165) is 34.1 Å². The number of carbonyl (C=O) groups is 2. The highest BCUT2D eigenvalue weighted by molar-refractivity contribution is 6.01. The predicted octanol–water partition coefficient (Wildman–Crippen LogP) is 2.75. The van der Waals surface area contributed by atoms with Gasteiger partial charge in [-0.25, -0.2) is 0 Å². The number of para-hydroxylation sites is 1. The topological polar surface area (TPSA) is 76.6 Å². The molecule has 0 unspecified atom stereocenters. The van der Waals surface area contributed by atoms with E-state index in [4.69, 9.17) is 0 Å². The predicted molar refractivity (Wildman–Crippen MR) is 119 cm³/mol. The van der Waals surface area contributed by atoms with Crippen LogP contribution >= 0.6 is 0 Å². The van der Waals surface area contributed by atoms with E-state index in [1.165, 1.54) is 10.5 Å². The van der Waals surface area contributed by atoms with Crippen molar-refractivity contribution in [2.75, 3.05) is 26.2 Å². The number of fused-ring (bicyclic) bond motifs is 5. The van der Waals surface area contributed by atoms with Gasteiger partial charge in [0.1, 0.15) is 0 Å². The zero-order valence-corrected chi connectivity index (χ0v) is 17.9. The van der Waals surface area contributed by atoms with Crippen molar-refractivity contribution in [1.29, 1.82) is 0 Å². The molecule has 1 aromatic heterocycles. The van der Waals surface area contributed by atoms with E-state index in [1.807, 2.05) is 25.1 Å². The standard InChI is InChI=1S/C25H27N3O3/c1-3-16-8-10-17(11-9-16)19-14-28-21(30)15-27(12-13-29)24(31)25(28,2)23-22(19)18-6-4-5-7-20(18)26-23/h4-11,19,26,29H,3,12-15H2,1-2H3/t19-,25+/m0/s1. The Bertz CT molecular complexity index is 1170. The Morgan fingerprint density at radius 2 is 1.87 bits per heavy atom. The lowest BCUT2D eigenvalue weighted by Crippen LogP contribution is -2.67. The first-order chi connectivity index (χ1) is 15.0. The molecule has 2 aromatic carbocycles. The minimum Gasteiger partial charge on any atom is -0.395 e. The van der Waals surface area contributed by atoms with Crippen molar-refractivity contribution in [2.24, 2.45) is 0 Å². The minimum absolute atomic E-state index is 0.00599. The van der Waals surface area contributed by atoms with Crippen LogP contribution < -0.4 is 0 Å². The smallest absolute Gasteiger partial charge is 0.255 e. The van der Waals surface area contributed by atoms with E-state index in [1.54, 1.807) is 4.90 Å². The lowest BCUT2D eigenvalue weighted by Gasteiger charge is -2.51. The summed E-state index contributed by atoms with van der Waals surface area (Å²) < 4.78 is 0. The third-order valence-corrected chi connectivity index (χ3v) is 6.98. The normalized spacial score (nSPS) is 23.3. The number of aliphatic hydroxyl groups is 1. The monoisotopic (exact) mass is 417 g/mol. The highest BCUT2D eigenvalue weighted by Crippen LogP contribution is 2.48. The Morgan fingerprint density at radius 3 is 2.58 bits per heavy atom. The summed E-state index contributed by atoms with van der Waals surface area (Å²) in [6, 6.07) is 16.7. The SMILES string of the molecule is CCc1ccc([C@@H]2CN3C(=O)CN(CCO)C(=O)[C@@]3(C)c3[nH]c4ccccc4c32)cc1. The molecule has 0 aliphatic carbocycles. The first kappa shape index (κ1) is 19.8. The molecule has 5 rings (SSSR count). The van der Waals surface area contributed by atoms with Crippen LogP contribution in [0, 0.1) is 0 Å². The molecule has 0 spiro atoms. The van der Waals surface area contributed by atoms with Crippen molar-refractivity contribution in [3.05, 3.63) is 70.9 Å². The number of hydrogen-bond acceptors (Lipinski definition) is 3. The van der Waals surface area contributed by atoms with Gasteiger partial charge < -0.3 is 19.9 Å². The van der Waals surface area contributed by atoms with Crippen molar-refractivity contribution in [3.8, 4) is 0 Å². The van der Waals surface area contributed by atoms with E-state index in [2.05, 4.69) is 42.2 Å². The number of amides is 2. The van der Waals surface area contributed by atoms with Gasteiger partial charge in [-0.3, -0.25) is 9.59 Å². The van der Waals surface area contributed by atoms with Crippen molar-refractivity contribution in [3.63, 3.8) is 0 Å². The number of aryl methyl sites for hydroxylation is 1. The summed E-state index contributed by atoms with van der Waals surface area (Å²) in [5, 5.41) is 10.5. The zero-order valence-electron chi connectivity index (χ0n) is 17.9. The van der Waals surface area contributed by atoms with Crippen LogP contribution in [0.25, 0.3) is 10.9 Å². The first-order valence-corrected chi connectivity index (χ1v) is 10.9. The fraction of sp³-hybridized carbons (Fsp3) is 0.360. The Hall–Kier alpha value is -3.12. The summed E-state index contributed by atoms with van der Waals surface area (Å²) in [6.45, 7) is 4.42. The number of H-pyrrole nitrogens is 1. The van der Waals surface area contributed by atoms with Crippen LogP contribution in [-0.2, 0) is 21.5 Å². The van der Waals surface area contributed by atoms with Gasteiger partial charge in [0, 0.05) is 29.9 Å². The van der Waals surface area contributed by atoms with Crippen molar-refractivity contribution >= 4 is 22.7 Å². The van der Waals surface area contributed by atoms with E-state index in [0.29, 0.717) is 6.54 Å². The average molecular weight is 418 g/mol. The minimum atomic E-state index is -1.11. The van der Waals surface area contributed by atoms with Gasteiger partial charge in [0.25, 0.3) is 5.91 Å². The summed E-state index contributed by atoms with van der Waals surface area (Å²) in [5.74, 6) is -0.255. The second-order valence-electron chi connectivity index (χ2n) is 8.63. The van der Waals surface area contributed by atoms with Crippen molar-refractivity contribution in [2.45, 2.75) is 31.7 Å². The molecule has 6 nitrogen and oxygen atoms in total. The third-order valence-electron chi connectivity index (χ3n) is 6.98. The molecule has 2 aliphatic rings. The van der Waals surface area contributed by atoms with Crippen LogP contribution in [0.2, 0.25) is 0 Å². The second-order valence-corrected chi connectivity index (χ2v) is 8.63. The van der Waals surface area contributed by atoms with Crippen LogP contribution in [0.4, 0.5) is 0 Å². The molecular formula is C25H27N3O3. The van der Waals surface area contributed by atoms with Crippen molar-refractivity contribution < 1.29 is 14.7 Å². The summed E-state index contributed by atoms with van der Waals surface area (Å²) in [4.78, 5) is 33.5. The molecule has 1 fully saturated rings. The number of aliphatic hydroxyl groups excluding tert-OH is 1. The number of aromatic nitrogens is 1. The Labute approximate surface area is 181 Å². The molecule has 3 aromatic rings. The molecule has 6 heteroatoms. The van der Waals surface area contributed by atoms with Crippen LogP contribution in [0.1, 0.15) is 42.1 Å². The largest absolute Gasteiger partial charge is 0.395 e. The lowest BCUT2D eigenvalue weighted by atomic mass is 9.76. The zero-order chi connectivity index (χ0) is 21.8. The van der Waals surface area contributed by atoms with E-state index < -0.39 is 5.54 Å². The van der Waals surface area contributed by atoms with Gasteiger partial charge in [0.05, 0.1) is 18.8 Å². The summed E-state index contributed by atoms with van der Waals surface area (Å²) in [7, 11) is 0. The number of β-amino-alcohol motifs (C(OH)–C–C–N with tert-alkyl or cyclic N) is 1. The van der Waals surface area contributed by atoms with Gasteiger partial charge in [-0.2, -0.15) is 0 Å². The van der Waals surface area contributed by atoms with Gasteiger partial charge in [-0.15, -0.1) is 0 Å². The molecule has 0 radical (unpaired) electrons. The first-order valence-electron chi connectivity index (χ1n) is 10.9. The molecule has 160 valence electrons. The molecule has 1 saturated heterocycles. The average Bonchev–Trinajstić information content (AvgIpc) is 3.18. The maximum absolute atomic E-state index is 13.6. The third kappa shape index (κ3) is 2.82. The number of aromatic amines is 1. The fourth-order valence-electron chi connectivity index (χ4n) is 5.26. The molecule has 3 heterocycles. The second kappa shape index (κ2) is 7.24. The van der Waals surface area contributed by atoms with Gasteiger partial charge in [0.15, 0.2) is 5.54 Å². The molecule has 2 N–H and O–H groups in total. The molecular weight excluding hydrogens is 390 g/mol. The number of piperazine rings is 1. The summed E-state index contributed by atoms with van der Waals surface area (Å²) >= 11 is 0. The van der Waals surface area contributed by atoms with E-state index in [9.17, 15) is 14.7 Å². The van der Waals surface area contributed by atoms with Gasteiger partial charge in [-0.05, 0) is 36.1 Å². The Morgan fingerprint density at radius 1 is 1.13 bits per heavy atom.